The molecule has 1 heterocycles. The molecule has 0 bridgehead atoms. The number of fused-ring (bicyclic) bond motifs is 6. The number of hydrogen-bond donors (Lipinski definition) is 0. The summed E-state index contributed by atoms with van der Waals surface area (Å²) in [5, 5.41) is 5.64. The number of hydrogen-bond acceptors (Lipinski definition) is 2. The number of Topliss-reactive ketones (excluding diaryl/α,β-unsaturated/α-hetero) is 1. The summed E-state index contributed by atoms with van der Waals surface area (Å²) in [7, 11) is 0. The zero-order valence-electron chi connectivity index (χ0n) is 19.7. The smallest absolute Gasteiger partial charge is 0.171 e. The first-order valence-corrected chi connectivity index (χ1v) is 12.5. The second-order valence-corrected chi connectivity index (χ2v) is 9.33. The lowest BCUT2D eigenvalue weighted by Gasteiger charge is -2.18. The molecular formula is C33H27NO. The molecule has 0 radical (unpaired) electrons. The molecule has 2 heteroatoms. The highest BCUT2D eigenvalue weighted by molar-refractivity contribution is 6.20. The van der Waals surface area contributed by atoms with Crippen molar-refractivity contribution in [3.05, 3.63) is 125 Å². The summed E-state index contributed by atoms with van der Waals surface area (Å²) in [4.78, 5) is 16.6. The van der Waals surface area contributed by atoms with E-state index in [4.69, 9.17) is 0 Å². The van der Waals surface area contributed by atoms with Crippen LogP contribution in [0.1, 0.15) is 46.3 Å². The van der Waals surface area contributed by atoms with Crippen LogP contribution >= 0.6 is 0 Å². The lowest BCUT2D eigenvalue weighted by atomic mass is 9.86. The maximum Gasteiger partial charge on any atom is 0.171 e. The van der Waals surface area contributed by atoms with Crippen molar-refractivity contribution < 1.29 is 4.79 Å². The van der Waals surface area contributed by atoms with Gasteiger partial charge in [0.1, 0.15) is 0 Å². The van der Waals surface area contributed by atoms with Gasteiger partial charge in [0.2, 0.25) is 0 Å². The average Bonchev–Trinajstić information content (AvgIpc) is 2.93. The minimum absolute atomic E-state index is 0.148. The summed E-state index contributed by atoms with van der Waals surface area (Å²) >= 11 is 0. The molecule has 1 aliphatic carbocycles. The lowest BCUT2D eigenvalue weighted by Crippen LogP contribution is -2.14. The van der Waals surface area contributed by atoms with Crippen LogP contribution in [0.4, 0.5) is 5.69 Å². The van der Waals surface area contributed by atoms with Crippen LogP contribution in [-0.2, 0) is 12.8 Å². The topological polar surface area (TPSA) is 29.4 Å². The molecule has 0 fully saturated rings. The number of nitrogens with zero attached hydrogens (tertiary/aromatic N) is 1. The van der Waals surface area contributed by atoms with Crippen molar-refractivity contribution in [2.24, 2.45) is 4.99 Å². The molecular weight excluding hydrogens is 426 g/mol. The van der Waals surface area contributed by atoms with E-state index in [1.54, 1.807) is 11.1 Å². The molecule has 35 heavy (non-hydrogen) atoms. The van der Waals surface area contributed by atoms with E-state index in [-0.39, 0.29) is 5.78 Å². The molecule has 0 unspecified atom stereocenters. The molecule has 0 saturated heterocycles. The van der Waals surface area contributed by atoms with E-state index in [2.05, 4.69) is 53.5 Å². The zero-order chi connectivity index (χ0) is 23.6. The molecule has 0 spiro atoms. The SMILES string of the molecule is O=C1CC(c2ccccc2)=Nc2ccccc21.c1ccc2c(c1)ccc1c3c(ccc12)CCCC3. The minimum atomic E-state index is 0.148. The fraction of sp³-hybridized carbons (Fsp3) is 0.152. The van der Waals surface area contributed by atoms with Crippen molar-refractivity contribution in [3.63, 3.8) is 0 Å². The maximum atomic E-state index is 12.0. The second-order valence-electron chi connectivity index (χ2n) is 9.33. The summed E-state index contributed by atoms with van der Waals surface area (Å²) in [6.07, 6.45) is 5.61. The van der Waals surface area contributed by atoms with Crippen LogP contribution in [0.2, 0.25) is 0 Å². The largest absolute Gasteiger partial charge is 0.294 e. The average molecular weight is 454 g/mol. The predicted molar refractivity (Wildman–Crippen MR) is 146 cm³/mol. The Morgan fingerprint density at radius 1 is 0.600 bits per heavy atom. The van der Waals surface area contributed by atoms with E-state index in [1.807, 2.05) is 54.6 Å². The van der Waals surface area contributed by atoms with Crippen molar-refractivity contribution in [2.45, 2.75) is 32.1 Å². The van der Waals surface area contributed by atoms with Crippen molar-refractivity contribution in [2.75, 3.05) is 0 Å². The third-order valence-electron chi connectivity index (χ3n) is 7.15. The van der Waals surface area contributed by atoms with Gasteiger partial charge in [0.25, 0.3) is 0 Å². The zero-order valence-corrected chi connectivity index (χ0v) is 19.7. The van der Waals surface area contributed by atoms with Crippen LogP contribution in [-0.4, -0.2) is 11.5 Å². The number of aryl methyl sites for hydroxylation is 2. The molecule has 0 N–H and O–H groups in total. The fourth-order valence-corrected chi connectivity index (χ4v) is 5.38. The van der Waals surface area contributed by atoms with Crippen molar-refractivity contribution in [1.82, 2.24) is 0 Å². The van der Waals surface area contributed by atoms with Crippen LogP contribution < -0.4 is 0 Å². The Balaban J connectivity index is 0.000000131. The standard InChI is InChI=1S/C18H16.C15H11NO/c1-3-7-15-13(5-1)9-11-18-16-8-4-2-6-14(16)10-12-17(15)18;17-15-10-14(11-6-2-1-3-7-11)16-13-9-5-4-8-12(13)15/h1,3,5,7,9-12H,2,4,6,8H2;1-9H,10H2. The molecule has 7 rings (SSSR count). The molecule has 5 aromatic carbocycles. The molecule has 0 amide bonds. The Bertz CT molecular complexity index is 1580. The first-order chi connectivity index (χ1) is 17.3. The van der Waals surface area contributed by atoms with E-state index in [9.17, 15) is 4.79 Å². The molecule has 0 aromatic heterocycles. The first-order valence-electron chi connectivity index (χ1n) is 12.5. The monoisotopic (exact) mass is 453 g/mol. The normalized spacial score (nSPS) is 14.5. The Morgan fingerprint density at radius 2 is 1.34 bits per heavy atom. The minimum Gasteiger partial charge on any atom is -0.294 e. The lowest BCUT2D eigenvalue weighted by molar-refractivity contribution is 0.1000. The van der Waals surface area contributed by atoms with Gasteiger partial charge in [-0.25, -0.2) is 0 Å². The Kier molecular flexibility index (Phi) is 5.71. The number of para-hydroxylation sites is 1. The van der Waals surface area contributed by atoms with E-state index < -0.39 is 0 Å². The molecule has 170 valence electrons. The van der Waals surface area contributed by atoms with E-state index in [1.165, 1.54) is 47.2 Å². The summed E-state index contributed by atoms with van der Waals surface area (Å²) in [6.45, 7) is 0. The van der Waals surface area contributed by atoms with Gasteiger partial charge in [-0.15, -0.1) is 0 Å². The van der Waals surface area contributed by atoms with E-state index >= 15 is 0 Å². The second kappa shape index (κ2) is 9.31. The summed E-state index contributed by atoms with van der Waals surface area (Å²) < 4.78 is 0. The van der Waals surface area contributed by atoms with E-state index in [0.717, 1.165) is 22.5 Å². The summed E-state index contributed by atoms with van der Waals surface area (Å²) in [6, 6.07) is 35.3. The quantitative estimate of drug-likeness (QED) is 0.235. The van der Waals surface area contributed by atoms with E-state index in [0.29, 0.717) is 6.42 Å². The first kappa shape index (κ1) is 21.5. The highest BCUT2D eigenvalue weighted by Crippen LogP contribution is 2.33. The van der Waals surface area contributed by atoms with Crippen molar-refractivity contribution >= 4 is 38.7 Å². The van der Waals surface area contributed by atoms with Gasteiger partial charge >= 0.3 is 0 Å². The van der Waals surface area contributed by atoms with Gasteiger partial charge in [-0.3, -0.25) is 9.79 Å². The highest BCUT2D eigenvalue weighted by Gasteiger charge is 2.20. The summed E-state index contributed by atoms with van der Waals surface area (Å²) in [5.74, 6) is 0.148. The van der Waals surface area contributed by atoms with Gasteiger partial charge in [0.05, 0.1) is 17.8 Å². The molecule has 2 nitrogen and oxygen atoms in total. The Labute approximate surface area is 206 Å². The third-order valence-corrected chi connectivity index (χ3v) is 7.15. The predicted octanol–water partition coefficient (Wildman–Crippen LogP) is 8.27. The Hall–Kier alpha value is -4.04. The van der Waals surface area contributed by atoms with Crippen LogP contribution in [0.15, 0.2) is 108 Å². The van der Waals surface area contributed by atoms with Gasteiger partial charge in [-0.1, -0.05) is 91.0 Å². The number of ketones is 1. The van der Waals surface area contributed by atoms with Gasteiger partial charge in [0, 0.05) is 5.56 Å². The number of benzene rings is 5. The molecule has 0 saturated carbocycles. The maximum absolute atomic E-state index is 12.0. The van der Waals surface area contributed by atoms with Gasteiger partial charge in [0.15, 0.2) is 5.78 Å². The van der Waals surface area contributed by atoms with Crippen LogP contribution in [0.5, 0.6) is 0 Å². The van der Waals surface area contributed by atoms with Crippen molar-refractivity contribution in [3.8, 4) is 0 Å². The van der Waals surface area contributed by atoms with Gasteiger partial charge in [-0.2, -0.15) is 0 Å². The molecule has 5 aromatic rings. The number of rotatable bonds is 1. The molecule has 1 aliphatic heterocycles. The highest BCUT2D eigenvalue weighted by atomic mass is 16.1. The fourth-order valence-electron chi connectivity index (χ4n) is 5.38. The van der Waals surface area contributed by atoms with Gasteiger partial charge < -0.3 is 0 Å². The number of carbonyl (C=O) groups excluding carboxylic acids is 1. The van der Waals surface area contributed by atoms with Gasteiger partial charge in [-0.05, 0) is 76.1 Å². The molecule has 0 atom stereocenters. The van der Waals surface area contributed by atoms with Crippen LogP contribution in [0, 0.1) is 0 Å². The van der Waals surface area contributed by atoms with Crippen LogP contribution in [0.3, 0.4) is 0 Å². The number of aliphatic imine (C=N–C) groups is 1. The molecule has 2 aliphatic rings. The van der Waals surface area contributed by atoms with Crippen LogP contribution in [0.25, 0.3) is 21.5 Å². The third kappa shape index (κ3) is 4.17. The summed E-state index contributed by atoms with van der Waals surface area (Å²) in [5.41, 5.74) is 6.56. The Morgan fingerprint density at radius 3 is 2.26 bits per heavy atom. The number of carbonyl (C=O) groups is 1. The van der Waals surface area contributed by atoms with Crippen molar-refractivity contribution in [1.29, 1.82) is 0 Å².